The van der Waals surface area contributed by atoms with E-state index in [0.717, 1.165) is 10.6 Å². The zero-order valence-electron chi connectivity index (χ0n) is 10.3. The molecule has 0 aliphatic rings. The SMILES string of the molecule is O=C(CCSc1ccc(F)cc1)Nc1ccccc1. The summed E-state index contributed by atoms with van der Waals surface area (Å²) in [5.41, 5.74) is 0.805. The molecule has 0 atom stereocenters. The Hall–Kier alpha value is -1.81. The molecule has 0 heterocycles. The number of anilines is 1. The zero-order valence-corrected chi connectivity index (χ0v) is 11.1. The second-order valence-corrected chi connectivity index (χ2v) is 5.13. The maximum absolute atomic E-state index is 12.7. The van der Waals surface area contributed by atoms with Crippen molar-refractivity contribution >= 4 is 23.4 Å². The topological polar surface area (TPSA) is 29.1 Å². The van der Waals surface area contributed by atoms with Gasteiger partial charge in [0.1, 0.15) is 5.82 Å². The van der Waals surface area contributed by atoms with E-state index in [1.165, 1.54) is 12.1 Å². The number of para-hydroxylation sites is 1. The summed E-state index contributed by atoms with van der Waals surface area (Å²) in [5.74, 6) is 0.414. The standard InChI is InChI=1S/C15H14FNOS/c16-12-6-8-14(9-7-12)19-11-10-15(18)17-13-4-2-1-3-5-13/h1-9H,10-11H2,(H,17,18). The molecule has 1 amide bonds. The number of carbonyl (C=O) groups excluding carboxylic acids is 1. The van der Waals surface area contributed by atoms with Gasteiger partial charge in [-0.15, -0.1) is 11.8 Å². The summed E-state index contributed by atoms with van der Waals surface area (Å²) < 4.78 is 12.7. The minimum Gasteiger partial charge on any atom is -0.326 e. The predicted octanol–water partition coefficient (Wildman–Crippen LogP) is 3.95. The van der Waals surface area contributed by atoms with Gasteiger partial charge in [-0.05, 0) is 36.4 Å². The largest absolute Gasteiger partial charge is 0.326 e. The predicted molar refractivity (Wildman–Crippen MR) is 76.8 cm³/mol. The Morgan fingerprint density at radius 3 is 2.42 bits per heavy atom. The van der Waals surface area contributed by atoms with Gasteiger partial charge in [0.05, 0.1) is 0 Å². The Bertz CT molecular complexity index is 528. The van der Waals surface area contributed by atoms with Gasteiger partial charge in [-0.25, -0.2) is 4.39 Å². The Morgan fingerprint density at radius 1 is 1.05 bits per heavy atom. The van der Waals surface area contributed by atoms with E-state index in [9.17, 15) is 9.18 Å². The van der Waals surface area contributed by atoms with E-state index in [1.54, 1.807) is 23.9 Å². The van der Waals surface area contributed by atoms with Crippen LogP contribution in [0, 0.1) is 5.82 Å². The highest BCUT2D eigenvalue weighted by atomic mass is 32.2. The van der Waals surface area contributed by atoms with Crippen LogP contribution in [0.25, 0.3) is 0 Å². The minimum absolute atomic E-state index is 0.0131. The lowest BCUT2D eigenvalue weighted by Crippen LogP contribution is -2.11. The molecule has 2 nitrogen and oxygen atoms in total. The van der Waals surface area contributed by atoms with E-state index >= 15 is 0 Å². The molecular weight excluding hydrogens is 261 g/mol. The molecule has 98 valence electrons. The molecule has 0 spiro atoms. The number of hydrogen-bond donors (Lipinski definition) is 1. The summed E-state index contributed by atoms with van der Waals surface area (Å²) in [6, 6.07) is 15.6. The lowest BCUT2D eigenvalue weighted by atomic mass is 10.3. The third-order valence-corrected chi connectivity index (χ3v) is 3.48. The Kier molecular flexibility index (Phi) is 4.98. The smallest absolute Gasteiger partial charge is 0.225 e. The fourth-order valence-electron chi connectivity index (χ4n) is 1.54. The van der Waals surface area contributed by atoms with Gasteiger partial charge in [-0.3, -0.25) is 4.79 Å². The van der Waals surface area contributed by atoms with E-state index in [2.05, 4.69) is 5.32 Å². The van der Waals surface area contributed by atoms with Crippen molar-refractivity contribution in [3.63, 3.8) is 0 Å². The normalized spacial score (nSPS) is 10.2. The van der Waals surface area contributed by atoms with Gasteiger partial charge >= 0.3 is 0 Å². The van der Waals surface area contributed by atoms with Crippen molar-refractivity contribution in [2.45, 2.75) is 11.3 Å². The minimum atomic E-state index is -0.244. The fourth-order valence-corrected chi connectivity index (χ4v) is 2.39. The Labute approximate surface area is 116 Å². The van der Waals surface area contributed by atoms with Crippen molar-refractivity contribution < 1.29 is 9.18 Å². The first-order valence-electron chi connectivity index (χ1n) is 5.97. The molecule has 0 unspecified atom stereocenters. The molecular formula is C15H14FNOS. The zero-order chi connectivity index (χ0) is 13.5. The number of hydrogen-bond acceptors (Lipinski definition) is 2. The van der Waals surface area contributed by atoms with Crippen LogP contribution in [0.1, 0.15) is 6.42 Å². The summed E-state index contributed by atoms with van der Waals surface area (Å²) in [5, 5.41) is 2.83. The monoisotopic (exact) mass is 275 g/mol. The number of carbonyl (C=O) groups is 1. The molecule has 2 rings (SSSR count). The lowest BCUT2D eigenvalue weighted by Gasteiger charge is -2.04. The molecule has 2 aromatic carbocycles. The fraction of sp³-hybridized carbons (Fsp3) is 0.133. The summed E-state index contributed by atoms with van der Waals surface area (Å²) in [7, 11) is 0. The average Bonchev–Trinajstić information content (AvgIpc) is 2.42. The molecule has 2 aromatic rings. The molecule has 0 aromatic heterocycles. The molecule has 0 aliphatic heterocycles. The van der Waals surface area contributed by atoms with Gasteiger partial charge in [-0.1, -0.05) is 18.2 Å². The van der Waals surface area contributed by atoms with Crippen molar-refractivity contribution in [2.24, 2.45) is 0 Å². The quantitative estimate of drug-likeness (QED) is 0.837. The van der Waals surface area contributed by atoms with Crippen LogP contribution < -0.4 is 5.32 Å². The first kappa shape index (κ1) is 13.6. The van der Waals surface area contributed by atoms with Crippen molar-refractivity contribution in [2.75, 3.05) is 11.1 Å². The molecule has 0 bridgehead atoms. The van der Waals surface area contributed by atoms with Crippen molar-refractivity contribution in [3.05, 3.63) is 60.4 Å². The number of halogens is 1. The van der Waals surface area contributed by atoms with Gasteiger partial charge in [0.15, 0.2) is 0 Å². The van der Waals surface area contributed by atoms with Crippen molar-refractivity contribution in [1.82, 2.24) is 0 Å². The van der Waals surface area contributed by atoms with Crippen LogP contribution >= 0.6 is 11.8 Å². The van der Waals surface area contributed by atoms with E-state index in [-0.39, 0.29) is 11.7 Å². The Balaban J connectivity index is 1.74. The van der Waals surface area contributed by atoms with Gasteiger partial charge in [-0.2, -0.15) is 0 Å². The summed E-state index contributed by atoms with van der Waals surface area (Å²) >= 11 is 1.54. The van der Waals surface area contributed by atoms with Crippen LogP contribution in [0.3, 0.4) is 0 Å². The van der Waals surface area contributed by atoms with E-state index in [0.29, 0.717) is 12.2 Å². The van der Waals surface area contributed by atoms with Gasteiger partial charge in [0.2, 0.25) is 5.91 Å². The number of nitrogens with one attached hydrogen (secondary N) is 1. The van der Waals surface area contributed by atoms with Crippen LogP contribution in [0.4, 0.5) is 10.1 Å². The van der Waals surface area contributed by atoms with Crippen molar-refractivity contribution in [1.29, 1.82) is 0 Å². The number of rotatable bonds is 5. The first-order chi connectivity index (χ1) is 9.24. The average molecular weight is 275 g/mol. The molecule has 0 saturated heterocycles. The molecule has 0 aliphatic carbocycles. The molecule has 0 radical (unpaired) electrons. The van der Waals surface area contributed by atoms with E-state index < -0.39 is 0 Å². The van der Waals surface area contributed by atoms with Gasteiger partial charge in [0, 0.05) is 22.8 Å². The Morgan fingerprint density at radius 2 is 1.74 bits per heavy atom. The second kappa shape index (κ2) is 6.95. The summed E-state index contributed by atoms with van der Waals surface area (Å²) in [4.78, 5) is 12.6. The molecule has 19 heavy (non-hydrogen) atoms. The highest BCUT2D eigenvalue weighted by Gasteiger charge is 2.02. The van der Waals surface area contributed by atoms with Crippen LogP contribution in [0.2, 0.25) is 0 Å². The van der Waals surface area contributed by atoms with Crippen LogP contribution in [-0.2, 0) is 4.79 Å². The van der Waals surface area contributed by atoms with E-state index in [1.807, 2.05) is 30.3 Å². The van der Waals surface area contributed by atoms with E-state index in [4.69, 9.17) is 0 Å². The second-order valence-electron chi connectivity index (χ2n) is 3.97. The third-order valence-electron chi connectivity index (χ3n) is 2.47. The third kappa shape index (κ3) is 4.75. The van der Waals surface area contributed by atoms with Crippen LogP contribution in [-0.4, -0.2) is 11.7 Å². The summed E-state index contributed by atoms with van der Waals surface area (Å²) in [6.07, 6.45) is 0.428. The maximum Gasteiger partial charge on any atom is 0.225 e. The number of thioether (sulfide) groups is 1. The van der Waals surface area contributed by atoms with Gasteiger partial charge < -0.3 is 5.32 Å². The number of benzene rings is 2. The lowest BCUT2D eigenvalue weighted by molar-refractivity contribution is -0.115. The van der Waals surface area contributed by atoms with Crippen molar-refractivity contribution in [3.8, 4) is 0 Å². The van der Waals surface area contributed by atoms with Gasteiger partial charge in [0.25, 0.3) is 0 Å². The number of amides is 1. The molecule has 0 fully saturated rings. The highest BCUT2D eigenvalue weighted by molar-refractivity contribution is 7.99. The van der Waals surface area contributed by atoms with Crippen LogP contribution in [0.5, 0.6) is 0 Å². The summed E-state index contributed by atoms with van der Waals surface area (Å²) in [6.45, 7) is 0. The molecule has 0 saturated carbocycles. The maximum atomic E-state index is 12.7. The highest BCUT2D eigenvalue weighted by Crippen LogP contribution is 2.19. The molecule has 4 heteroatoms. The molecule has 1 N–H and O–H groups in total. The first-order valence-corrected chi connectivity index (χ1v) is 6.96. The van der Waals surface area contributed by atoms with Crippen LogP contribution in [0.15, 0.2) is 59.5 Å².